The Morgan fingerprint density at radius 2 is 1.71 bits per heavy atom. The van der Waals surface area contributed by atoms with E-state index in [-0.39, 0.29) is 44.2 Å². The third-order valence-corrected chi connectivity index (χ3v) is 6.43. The van der Waals surface area contributed by atoms with Crippen molar-refractivity contribution in [3.8, 4) is 11.1 Å². The molecule has 4 rings (SSSR count). The molecule has 0 spiro atoms. The van der Waals surface area contributed by atoms with Crippen molar-refractivity contribution in [3.63, 3.8) is 0 Å². The summed E-state index contributed by atoms with van der Waals surface area (Å²) < 4.78 is 11.2. The van der Waals surface area contributed by atoms with Gasteiger partial charge in [0.1, 0.15) is 12.6 Å². The van der Waals surface area contributed by atoms with E-state index in [9.17, 15) is 19.5 Å². The molecule has 1 saturated heterocycles. The lowest BCUT2D eigenvalue weighted by Gasteiger charge is -2.20. The number of carboxylic acid groups (broad SMARTS) is 1. The Bertz CT molecular complexity index is 1040. The highest BCUT2D eigenvalue weighted by molar-refractivity contribution is 5.85. The van der Waals surface area contributed by atoms with Gasteiger partial charge in [-0.15, -0.1) is 0 Å². The number of nitrogens with zero attached hydrogens (tertiary/aromatic N) is 1. The van der Waals surface area contributed by atoms with Gasteiger partial charge in [0.25, 0.3) is 0 Å². The van der Waals surface area contributed by atoms with E-state index in [0.29, 0.717) is 6.42 Å². The van der Waals surface area contributed by atoms with Crippen LogP contribution in [0.3, 0.4) is 0 Å². The fourth-order valence-corrected chi connectivity index (χ4v) is 4.72. The predicted molar refractivity (Wildman–Crippen MR) is 129 cm³/mol. The first-order chi connectivity index (χ1) is 16.8. The molecule has 1 aliphatic carbocycles. The van der Waals surface area contributed by atoms with E-state index in [1.165, 1.54) is 0 Å². The Hall–Kier alpha value is -3.43. The summed E-state index contributed by atoms with van der Waals surface area (Å²) in [5.41, 5.74) is 4.61. The van der Waals surface area contributed by atoms with Crippen LogP contribution in [0.15, 0.2) is 48.5 Å². The molecule has 1 fully saturated rings. The maximum absolute atomic E-state index is 12.5. The summed E-state index contributed by atoms with van der Waals surface area (Å²) in [7, 11) is 3.48. The van der Waals surface area contributed by atoms with Crippen LogP contribution in [0.1, 0.15) is 23.5 Å². The third kappa shape index (κ3) is 5.80. The van der Waals surface area contributed by atoms with E-state index in [2.05, 4.69) is 34.9 Å². The highest BCUT2D eigenvalue weighted by Crippen LogP contribution is 2.44. The molecule has 3 N–H and O–H groups in total. The first-order valence-corrected chi connectivity index (χ1v) is 11.7. The summed E-state index contributed by atoms with van der Waals surface area (Å²) in [6.07, 6.45) is -0.493. The zero-order valence-corrected chi connectivity index (χ0v) is 19.9. The first-order valence-electron chi connectivity index (χ1n) is 11.7. The van der Waals surface area contributed by atoms with Gasteiger partial charge in [0.05, 0.1) is 18.6 Å². The number of alkyl carbamates (subject to hydrolysis) is 1. The molecule has 9 nitrogen and oxygen atoms in total. The van der Waals surface area contributed by atoms with Gasteiger partial charge in [0.2, 0.25) is 5.91 Å². The van der Waals surface area contributed by atoms with Gasteiger partial charge in [-0.1, -0.05) is 48.5 Å². The average Bonchev–Trinajstić information content (AvgIpc) is 3.44. The quantitative estimate of drug-likeness (QED) is 0.502. The molecule has 0 aromatic heterocycles. The number of ether oxygens (including phenoxy) is 2. The van der Waals surface area contributed by atoms with Crippen LogP contribution in [0.25, 0.3) is 11.1 Å². The number of carbonyl (C=O) groups excluding carboxylic acids is 2. The normalized spacial score (nSPS) is 19.6. The number of hydrogen-bond acceptors (Lipinski definition) is 6. The van der Waals surface area contributed by atoms with Crippen LogP contribution in [0.5, 0.6) is 0 Å². The van der Waals surface area contributed by atoms with Gasteiger partial charge in [0.15, 0.2) is 0 Å². The number of likely N-dealkylation sites (N-methyl/N-ethyl adjacent to an activating group) is 1. The van der Waals surface area contributed by atoms with Gasteiger partial charge >= 0.3 is 12.1 Å². The second-order valence-corrected chi connectivity index (χ2v) is 9.26. The second kappa shape index (κ2) is 10.9. The molecule has 186 valence electrons. The summed E-state index contributed by atoms with van der Waals surface area (Å²) >= 11 is 0. The van der Waals surface area contributed by atoms with E-state index < -0.39 is 24.0 Å². The van der Waals surface area contributed by atoms with Crippen LogP contribution in [-0.2, 0) is 19.1 Å². The molecule has 3 atom stereocenters. The molecule has 2 aromatic carbocycles. The molecule has 2 aliphatic rings. The number of hydrogen-bond donors (Lipinski definition) is 3. The van der Waals surface area contributed by atoms with Crippen LogP contribution in [0.2, 0.25) is 0 Å². The van der Waals surface area contributed by atoms with Crippen molar-refractivity contribution in [2.45, 2.75) is 24.5 Å². The molecule has 2 amide bonds. The van der Waals surface area contributed by atoms with Crippen molar-refractivity contribution in [2.24, 2.45) is 5.92 Å². The highest BCUT2D eigenvalue weighted by atomic mass is 16.5. The standard InChI is InChI=1S/C26H31N3O6/c1-29(2)13-23(25(31)32)28-24(30)16-11-17(34-14-16)12-27-26(33)35-15-22-20-9-5-3-7-18(20)19-8-4-6-10-21(19)22/h3-10,16-17,22-23H,11-15H2,1-2H3,(H,27,33)(H,28,30)(H,31,32)/t16-,17-,23?/m0/s1. The lowest BCUT2D eigenvalue weighted by atomic mass is 9.98. The number of aliphatic carboxylic acids is 1. The molecular formula is C26H31N3O6. The Kier molecular flexibility index (Phi) is 7.67. The molecule has 1 unspecified atom stereocenters. The number of carbonyl (C=O) groups is 3. The van der Waals surface area contributed by atoms with E-state index in [1.807, 2.05) is 24.3 Å². The number of benzene rings is 2. The smallest absolute Gasteiger partial charge is 0.407 e. The Morgan fingerprint density at radius 1 is 1.09 bits per heavy atom. The number of fused-ring (bicyclic) bond motifs is 3. The maximum Gasteiger partial charge on any atom is 0.407 e. The average molecular weight is 482 g/mol. The Labute approximate surface area is 204 Å². The van der Waals surface area contributed by atoms with Crippen molar-refractivity contribution in [3.05, 3.63) is 59.7 Å². The van der Waals surface area contributed by atoms with Crippen LogP contribution < -0.4 is 10.6 Å². The lowest BCUT2D eigenvalue weighted by molar-refractivity contribution is -0.142. The minimum atomic E-state index is -1.08. The zero-order valence-electron chi connectivity index (χ0n) is 19.9. The van der Waals surface area contributed by atoms with Crippen molar-refractivity contribution in [1.82, 2.24) is 15.5 Å². The van der Waals surface area contributed by atoms with Gasteiger partial charge in [-0.05, 0) is 42.8 Å². The van der Waals surface area contributed by atoms with Crippen LogP contribution in [-0.4, -0.2) is 80.5 Å². The van der Waals surface area contributed by atoms with Crippen molar-refractivity contribution >= 4 is 18.0 Å². The van der Waals surface area contributed by atoms with Gasteiger partial charge in [-0.25, -0.2) is 9.59 Å². The van der Waals surface area contributed by atoms with Crippen LogP contribution in [0.4, 0.5) is 4.79 Å². The van der Waals surface area contributed by atoms with E-state index in [1.54, 1.807) is 19.0 Å². The van der Waals surface area contributed by atoms with Crippen molar-refractivity contribution in [1.29, 1.82) is 0 Å². The van der Waals surface area contributed by atoms with Gasteiger partial charge in [0, 0.05) is 19.0 Å². The Morgan fingerprint density at radius 3 is 2.31 bits per heavy atom. The molecule has 9 heteroatoms. The molecule has 1 heterocycles. The monoisotopic (exact) mass is 481 g/mol. The topological polar surface area (TPSA) is 117 Å². The summed E-state index contributed by atoms with van der Waals surface area (Å²) in [5, 5.41) is 14.6. The fraction of sp³-hybridized carbons (Fsp3) is 0.423. The Balaban J connectivity index is 1.24. The summed E-state index contributed by atoms with van der Waals surface area (Å²) in [6.45, 7) is 0.804. The van der Waals surface area contributed by atoms with Crippen molar-refractivity contribution < 1.29 is 29.0 Å². The molecule has 0 radical (unpaired) electrons. The van der Waals surface area contributed by atoms with Crippen LogP contribution in [0, 0.1) is 5.92 Å². The second-order valence-electron chi connectivity index (χ2n) is 9.26. The lowest BCUT2D eigenvalue weighted by Crippen LogP contribution is -2.49. The highest BCUT2D eigenvalue weighted by Gasteiger charge is 2.34. The van der Waals surface area contributed by atoms with E-state index in [0.717, 1.165) is 22.3 Å². The molecular weight excluding hydrogens is 450 g/mol. The van der Waals surface area contributed by atoms with Crippen LogP contribution >= 0.6 is 0 Å². The molecule has 0 saturated carbocycles. The minimum absolute atomic E-state index is 0.0201. The number of nitrogens with one attached hydrogen (secondary N) is 2. The zero-order chi connectivity index (χ0) is 24.9. The van der Waals surface area contributed by atoms with E-state index in [4.69, 9.17) is 9.47 Å². The predicted octanol–water partition coefficient (Wildman–Crippen LogP) is 2.06. The van der Waals surface area contributed by atoms with Gasteiger partial charge < -0.3 is 30.1 Å². The summed E-state index contributed by atoms with van der Waals surface area (Å²) in [6, 6.07) is 15.3. The van der Waals surface area contributed by atoms with Gasteiger partial charge in [-0.3, -0.25) is 4.79 Å². The summed E-state index contributed by atoms with van der Waals surface area (Å²) in [5.74, 6) is -1.93. The van der Waals surface area contributed by atoms with E-state index >= 15 is 0 Å². The number of rotatable bonds is 9. The molecule has 35 heavy (non-hydrogen) atoms. The maximum atomic E-state index is 12.5. The first kappa shape index (κ1) is 24.7. The number of amides is 2. The summed E-state index contributed by atoms with van der Waals surface area (Å²) in [4.78, 5) is 38.0. The third-order valence-electron chi connectivity index (χ3n) is 6.43. The number of carboxylic acids is 1. The van der Waals surface area contributed by atoms with Crippen molar-refractivity contribution in [2.75, 3.05) is 40.4 Å². The fourth-order valence-electron chi connectivity index (χ4n) is 4.72. The largest absolute Gasteiger partial charge is 0.480 e. The minimum Gasteiger partial charge on any atom is -0.480 e. The molecule has 2 aromatic rings. The molecule has 1 aliphatic heterocycles. The molecule has 0 bridgehead atoms. The SMILES string of the molecule is CN(C)CC(NC(=O)[C@@H]1CO[C@H](CNC(=O)OCC2c3ccccc3-c3ccccc32)C1)C(=O)O. The van der Waals surface area contributed by atoms with Gasteiger partial charge in [-0.2, -0.15) is 0 Å².